The monoisotopic (exact) mass is 288 g/mol. The van der Waals surface area contributed by atoms with E-state index >= 15 is 0 Å². The molecule has 0 saturated heterocycles. The van der Waals surface area contributed by atoms with Crippen LogP contribution < -0.4 is 5.32 Å². The molecular weight excluding hydrogens is 264 g/mol. The van der Waals surface area contributed by atoms with E-state index in [1.54, 1.807) is 6.07 Å². The fraction of sp³-hybridized carbons (Fsp3) is 0.692. The van der Waals surface area contributed by atoms with Gasteiger partial charge in [-0.3, -0.25) is 0 Å². The third-order valence-electron chi connectivity index (χ3n) is 2.72. The second-order valence-corrected chi connectivity index (χ2v) is 8.08. The van der Waals surface area contributed by atoms with Gasteiger partial charge in [0.2, 0.25) is 5.09 Å². The molecule has 1 aromatic heterocycles. The first-order chi connectivity index (χ1) is 8.63. The SMILES string of the molecule is CN(C)S(=O)(=O)c1ccc(CNCCC(C)(C)C)o1. The number of nitrogens with zero attached hydrogens (tertiary/aromatic N) is 1. The average molecular weight is 288 g/mol. The highest BCUT2D eigenvalue weighted by Crippen LogP contribution is 2.18. The van der Waals surface area contributed by atoms with Crippen molar-refractivity contribution in [3.63, 3.8) is 0 Å². The summed E-state index contributed by atoms with van der Waals surface area (Å²) in [6.07, 6.45) is 1.05. The van der Waals surface area contributed by atoms with Crippen LogP contribution in [-0.2, 0) is 16.6 Å². The largest absolute Gasteiger partial charge is 0.447 e. The Morgan fingerprint density at radius 2 is 1.89 bits per heavy atom. The molecule has 0 radical (unpaired) electrons. The summed E-state index contributed by atoms with van der Waals surface area (Å²) in [6.45, 7) is 7.97. The molecule has 0 unspecified atom stereocenters. The number of hydrogen-bond donors (Lipinski definition) is 1. The van der Waals surface area contributed by atoms with E-state index < -0.39 is 10.0 Å². The lowest BCUT2D eigenvalue weighted by Gasteiger charge is -2.17. The van der Waals surface area contributed by atoms with E-state index in [0.717, 1.165) is 17.3 Å². The normalized spacial score (nSPS) is 13.2. The fourth-order valence-corrected chi connectivity index (χ4v) is 2.26. The summed E-state index contributed by atoms with van der Waals surface area (Å²) in [5, 5.41) is 3.24. The standard InChI is InChI=1S/C13H24N2O3S/c1-13(2,3)8-9-14-10-11-6-7-12(18-11)19(16,17)15(4)5/h6-7,14H,8-10H2,1-5H3. The fourth-order valence-electron chi connectivity index (χ4n) is 1.45. The predicted octanol–water partition coefficient (Wildman–Crippen LogP) is 2.06. The van der Waals surface area contributed by atoms with Crippen LogP contribution in [0.15, 0.2) is 21.6 Å². The number of furan rings is 1. The molecule has 110 valence electrons. The van der Waals surface area contributed by atoms with Crippen molar-refractivity contribution < 1.29 is 12.8 Å². The van der Waals surface area contributed by atoms with Gasteiger partial charge in [-0.15, -0.1) is 0 Å². The van der Waals surface area contributed by atoms with Gasteiger partial charge in [-0.25, -0.2) is 12.7 Å². The van der Waals surface area contributed by atoms with Crippen LogP contribution >= 0.6 is 0 Å². The van der Waals surface area contributed by atoms with Gasteiger partial charge in [-0.05, 0) is 30.5 Å². The molecule has 0 amide bonds. The van der Waals surface area contributed by atoms with Crippen LogP contribution in [0.4, 0.5) is 0 Å². The van der Waals surface area contributed by atoms with Gasteiger partial charge >= 0.3 is 0 Å². The van der Waals surface area contributed by atoms with Gasteiger partial charge in [0.1, 0.15) is 5.76 Å². The third kappa shape index (κ3) is 4.97. The third-order valence-corrected chi connectivity index (χ3v) is 4.41. The summed E-state index contributed by atoms with van der Waals surface area (Å²) in [5.41, 5.74) is 0.287. The minimum atomic E-state index is -3.47. The molecular formula is C13H24N2O3S. The minimum absolute atomic E-state index is 0.00915. The summed E-state index contributed by atoms with van der Waals surface area (Å²) in [5.74, 6) is 0.634. The zero-order valence-electron chi connectivity index (χ0n) is 12.4. The van der Waals surface area contributed by atoms with E-state index in [2.05, 4.69) is 26.1 Å². The molecule has 1 heterocycles. The Balaban J connectivity index is 2.53. The van der Waals surface area contributed by atoms with E-state index in [-0.39, 0.29) is 10.5 Å². The van der Waals surface area contributed by atoms with E-state index in [1.807, 2.05) is 0 Å². The summed E-state index contributed by atoms with van der Waals surface area (Å²) < 4.78 is 30.1. The van der Waals surface area contributed by atoms with E-state index in [1.165, 1.54) is 20.2 Å². The molecule has 19 heavy (non-hydrogen) atoms. The topological polar surface area (TPSA) is 62.6 Å². The van der Waals surface area contributed by atoms with Crippen molar-refractivity contribution in [3.05, 3.63) is 17.9 Å². The van der Waals surface area contributed by atoms with Gasteiger partial charge < -0.3 is 9.73 Å². The highest BCUT2D eigenvalue weighted by molar-refractivity contribution is 7.88. The van der Waals surface area contributed by atoms with Crippen LogP contribution in [0.2, 0.25) is 0 Å². The molecule has 6 heteroatoms. The second-order valence-electron chi connectivity index (χ2n) is 6.00. The summed E-state index contributed by atoms with van der Waals surface area (Å²) in [7, 11) is -0.501. The molecule has 0 saturated carbocycles. The van der Waals surface area contributed by atoms with Crippen molar-refractivity contribution in [2.75, 3.05) is 20.6 Å². The van der Waals surface area contributed by atoms with Crippen LogP contribution in [0.1, 0.15) is 33.0 Å². The molecule has 5 nitrogen and oxygen atoms in total. The van der Waals surface area contributed by atoms with Gasteiger partial charge in [0.05, 0.1) is 6.54 Å². The van der Waals surface area contributed by atoms with Gasteiger partial charge in [0.25, 0.3) is 10.0 Å². The maximum Gasteiger partial charge on any atom is 0.275 e. The molecule has 0 aliphatic rings. The van der Waals surface area contributed by atoms with Crippen molar-refractivity contribution in [1.29, 1.82) is 0 Å². The van der Waals surface area contributed by atoms with Gasteiger partial charge in [0, 0.05) is 14.1 Å². The van der Waals surface area contributed by atoms with Crippen LogP contribution in [0, 0.1) is 5.41 Å². The highest BCUT2D eigenvalue weighted by Gasteiger charge is 2.21. The average Bonchev–Trinajstić information content (AvgIpc) is 2.72. The summed E-state index contributed by atoms with van der Waals surface area (Å²) >= 11 is 0. The molecule has 0 bridgehead atoms. The number of nitrogens with one attached hydrogen (secondary N) is 1. The Kier molecular flexibility index (Phi) is 5.18. The first-order valence-corrected chi connectivity index (χ1v) is 7.79. The Bertz CT molecular complexity index is 498. The predicted molar refractivity (Wildman–Crippen MR) is 75.4 cm³/mol. The van der Waals surface area contributed by atoms with E-state index in [9.17, 15) is 8.42 Å². The zero-order valence-corrected chi connectivity index (χ0v) is 13.2. The van der Waals surface area contributed by atoms with Crippen molar-refractivity contribution in [1.82, 2.24) is 9.62 Å². The first kappa shape index (κ1) is 16.2. The molecule has 0 spiro atoms. The number of sulfonamides is 1. The maximum absolute atomic E-state index is 11.8. The van der Waals surface area contributed by atoms with Crippen LogP contribution in [0.3, 0.4) is 0 Å². The quantitative estimate of drug-likeness (QED) is 0.814. The van der Waals surface area contributed by atoms with Crippen LogP contribution in [0.5, 0.6) is 0 Å². The Morgan fingerprint density at radius 1 is 1.26 bits per heavy atom. The Morgan fingerprint density at radius 3 is 2.42 bits per heavy atom. The Hall–Kier alpha value is -0.850. The van der Waals surface area contributed by atoms with Crippen molar-refractivity contribution in [3.8, 4) is 0 Å². The summed E-state index contributed by atoms with van der Waals surface area (Å²) in [4.78, 5) is 0. The lowest BCUT2D eigenvalue weighted by atomic mass is 9.92. The molecule has 0 aliphatic carbocycles. The smallest absolute Gasteiger partial charge is 0.275 e. The second kappa shape index (κ2) is 6.07. The van der Waals surface area contributed by atoms with Crippen molar-refractivity contribution >= 4 is 10.0 Å². The molecule has 1 N–H and O–H groups in total. The van der Waals surface area contributed by atoms with E-state index in [0.29, 0.717) is 12.3 Å². The lowest BCUT2D eigenvalue weighted by molar-refractivity contribution is 0.352. The molecule has 1 rings (SSSR count). The van der Waals surface area contributed by atoms with Gasteiger partial charge in [-0.2, -0.15) is 0 Å². The Labute approximate surface area is 116 Å². The van der Waals surface area contributed by atoms with E-state index in [4.69, 9.17) is 4.42 Å². The van der Waals surface area contributed by atoms with Crippen molar-refractivity contribution in [2.24, 2.45) is 5.41 Å². The van der Waals surface area contributed by atoms with Gasteiger partial charge in [0.15, 0.2) is 0 Å². The highest BCUT2D eigenvalue weighted by atomic mass is 32.2. The zero-order chi connectivity index (χ0) is 14.7. The van der Waals surface area contributed by atoms with Crippen LogP contribution in [0.25, 0.3) is 0 Å². The van der Waals surface area contributed by atoms with Crippen LogP contribution in [-0.4, -0.2) is 33.4 Å². The molecule has 0 atom stereocenters. The number of rotatable bonds is 6. The minimum Gasteiger partial charge on any atom is -0.447 e. The molecule has 0 aliphatic heterocycles. The van der Waals surface area contributed by atoms with Crippen molar-refractivity contribution in [2.45, 2.75) is 38.8 Å². The lowest BCUT2D eigenvalue weighted by Crippen LogP contribution is -2.22. The number of hydrogen-bond acceptors (Lipinski definition) is 4. The summed E-state index contributed by atoms with van der Waals surface area (Å²) in [6, 6.07) is 3.19. The molecule has 0 aromatic carbocycles. The maximum atomic E-state index is 11.8. The van der Waals surface area contributed by atoms with Gasteiger partial charge in [-0.1, -0.05) is 20.8 Å². The molecule has 1 aromatic rings. The first-order valence-electron chi connectivity index (χ1n) is 6.35. The molecule has 0 fully saturated rings.